The molecule has 0 aromatic rings. The molecule has 11 unspecified atom stereocenters. The maximum atomic E-state index is 14.7. The summed E-state index contributed by atoms with van der Waals surface area (Å²) in [6.07, 6.45) is 1.92. The molecule has 9 amide bonds. The zero-order valence-corrected chi connectivity index (χ0v) is 49.2. The van der Waals surface area contributed by atoms with Gasteiger partial charge in [0.2, 0.25) is 53.2 Å². The van der Waals surface area contributed by atoms with E-state index >= 15 is 0 Å². The van der Waals surface area contributed by atoms with E-state index in [0.29, 0.717) is 12.8 Å². The molecular weight excluding hydrogens is 1040 g/mol. The Bertz CT molecular complexity index is 2040. The van der Waals surface area contributed by atoms with E-state index in [9.17, 15) is 73.2 Å². The smallest absolute Gasteiger partial charge is 0.328 e. The van der Waals surface area contributed by atoms with Crippen LogP contribution in [0.3, 0.4) is 0 Å². The average molecular weight is 1140 g/mol. The summed E-state index contributed by atoms with van der Waals surface area (Å²) in [5.74, 6) is -13.0. The predicted molar refractivity (Wildman–Crippen MR) is 295 cm³/mol. The molecule has 25 heteroatoms. The number of amides is 9. The van der Waals surface area contributed by atoms with Crippen molar-refractivity contribution >= 4 is 65.1 Å². The lowest BCUT2D eigenvalue weighted by Crippen LogP contribution is -2.63. The highest BCUT2D eigenvalue weighted by Gasteiger charge is 2.40. The third-order valence-corrected chi connectivity index (χ3v) is 13.2. The van der Waals surface area contributed by atoms with Gasteiger partial charge in [0.25, 0.3) is 0 Å². The van der Waals surface area contributed by atoms with Crippen molar-refractivity contribution in [3.05, 3.63) is 0 Å². The first kappa shape index (κ1) is 72.1. The molecule has 80 heavy (non-hydrogen) atoms. The number of carbonyl (C=O) groups is 11. The van der Waals surface area contributed by atoms with Gasteiger partial charge in [0.05, 0.1) is 25.7 Å². The highest BCUT2D eigenvalue weighted by molar-refractivity contribution is 5.99. The molecule has 1 fully saturated rings. The molecule has 13 N–H and O–H groups in total. The van der Waals surface area contributed by atoms with Gasteiger partial charge in [-0.05, 0) is 75.0 Å². The minimum Gasteiger partial charge on any atom is -0.481 e. The van der Waals surface area contributed by atoms with E-state index in [-0.39, 0.29) is 55.8 Å². The first-order valence-corrected chi connectivity index (χ1v) is 28.5. The Morgan fingerprint density at radius 1 is 0.550 bits per heavy atom. The highest BCUT2D eigenvalue weighted by Crippen LogP contribution is 2.16. The minimum absolute atomic E-state index is 0.00949. The van der Waals surface area contributed by atoms with E-state index in [4.69, 9.17) is 4.74 Å². The van der Waals surface area contributed by atoms with E-state index in [1.807, 2.05) is 0 Å². The Labute approximate surface area is 471 Å². The lowest BCUT2D eigenvalue weighted by atomic mass is 9.98. The molecule has 0 bridgehead atoms. The summed E-state index contributed by atoms with van der Waals surface area (Å²) in [6.45, 7) is 18.4. The summed E-state index contributed by atoms with van der Waals surface area (Å²) < 4.78 is 5.80. The van der Waals surface area contributed by atoms with Crippen molar-refractivity contribution in [2.24, 2.45) is 29.6 Å². The first-order chi connectivity index (χ1) is 37.4. The molecular formula is C55H97N9O16. The lowest BCUT2D eigenvalue weighted by molar-refractivity contribution is -0.157. The second-order valence-electron chi connectivity index (χ2n) is 23.1. The normalized spacial score (nSPS) is 23.5. The SMILES string of the molecule is CCCCCCCCC(O)CC(=O)NC(CC(C)C)C(=O)NC(CCC(=O)O)C(=O)NC1C(=O)NC(C(C)C)C(=O)NC(CC(C)C)C(=O)NC(CO)C(=O)NC(CC(C)C)C(=O)NC(CO)C(=O)NC(CC(C)C)C(=O)OC1C. The van der Waals surface area contributed by atoms with Gasteiger partial charge in [-0.25, -0.2) is 4.79 Å². The number of aliphatic carboxylic acids is 1. The molecule has 1 aliphatic heterocycles. The van der Waals surface area contributed by atoms with Gasteiger partial charge in [-0.15, -0.1) is 0 Å². The van der Waals surface area contributed by atoms with E-state index in [0.717, 1.165) is 32.1 Å². The maximum absolute atomic E-state index is 14.7. The Morgan fingerprint density at radius 3 is 1.49 bits per heavy atom. The zero-order valence-electron chi connectivity index (χ0n) is 49.2. The Hall–Kier alpha value is -5.95. The van der Waals surface area contributed by atoms with Crippen molar-refractivity contribution in [2.45, 2.75) is 240 Å². The molecule has 11 atom stereocenters. The number of ether oxygens (including phenoxy) is 1. The topological polar surface area (TPSA) is 386 Å². The van der Waals surface area contributed by atoms with Crippen molar-refractivity contribution in [2.75, 3.05) is 13.2 Å². The van der Waals surface area contributed by atoms with Crippen LogP contribution in [0, 0.1) is 29.6 Å². The number of cyclic esters (lactones) is 1. The monoisotopic (exact) mass is 1140 g/mol. The summed E-state index contributed by atoms with van der Waals surface area (Å²) in [5, 5.41) is 63.5. The second-order valence-corrected chi connectivity index (χ2v) is 23.1. The molecule has 458 valence electrons. The summed E-state index contributed by atoms with van der Waals surface area (Å²) in [6, 6.07) is -14.1. The second kappa shape index (κ2) is 37.1. The van der Waals surface area contributed by atoms with Gasteiger partial charge in [0, 0.05) is 6.42 Å². The van der Waals surface area contributed by atoms with E-state index in [2.05, 4.69) is 54.8 Å². The summed E-state index contributed by atoms with van der Waals surface area (Å²) >= 11 is 0. The molecule has 1 aliphatic rings. The van der Waals surface area contributed by atoms with E-state index in [1.54, 1.807) is 69.2 Å². The molecule has 0 aliphatic carbocycles. The van der Waals surface area contributed by atoms with Crippen molar-refractivity contribution in [3.63, 3.8) is 0 Å². The average Bonchev–Trinajstić information content (AvgIpc) is 3.35. The van der Waals surface area contributed by atoms with Crippen molar-refractivity contribution in [1.29, 1.82) is 0 Å². The standard InChI is InChI=1S/C55H97N9O16/c1-13-14-15-16-17-18-19-35(67)26-43(68)56-37(22-29(2)3)48(72)57-36(20-21-44(69)70)47(71)64-46-34(12)80-55(79)40(25-32(8)9)60-52(76)42(28-66)62-49(73)38(23-30(4)5)58-51(75)41(27-65)61-50(74)39(24-31(6)7)59-53(77)45(33(10)11)63-54(46)78/h29-42,45-46,65-67H,13-28H2,1-12H3,(H,56,68)(H,57,72)(H,58,75)(H,59,77)(H,60,76)(H,61,74)(H,62,73)(H,63,78)(H,64,71)(H,69,70). The van der Waals surface area contributed by atoms with Crippen molar-refractivity contribution in [3.8, 4) is 0 Å². The van der Waals surface area contributed by atoms with Gasteiger partial charge in [0.1, 0.15) is 60.5 Å². The van der Waals surface area contributed by atoms with Crippen LogP contribution in [0.1, 0.15) is 173 Å². The minimum atomic E-state index is -1.95. The number of hydrogen-bond acceptors (Lipinski definition) is 15. The van der Waals surface area contributed by atoms with Crippen LogP contribution in [0.25, 0.3) is 0 Å². The van der Waals surface area contributed by atoms with Crippen LogP contribution in [-0.4, -0.2) is 165 Å². The Morgan fingerprint density at radius 2 is 1.01 bits per heavy atom. The number of hydrogen-bond donors (Lipinski definition) is 13. The Kier molecular flexibility index (Phi) is 33.5. The van der Waals surface area contributed by atoms with Crippen molar-refractivity contribution in [1.82, 2.24) is 47.9 Å². The Balaban J connectivity index is 3.95. The fraction of sp³-hybridized carbons (Fsp3) is 0.800. The van der Waals surface area contributed by atoms with Gasteiger partial charge >= 0.3 is 11.9 Å². The number of rotatable bonds is 28. The molecule has 0 aromatic carbocycles. The quantitative estimate of drug-likeness (QED) is 0.0374. The molecule has 0 spiro atoms. The number of carboxylic acids is 1. The van der Waals surface area contributed by atoms with Crippen LogP contribution in [0.5, 0.6) is 0 Å². The molecule has 0 radical (unpaired) electrons. The number of nitrogens with one attached hydrogen (secondary N) is 9. The van der Waals surface area contributed by atoms with E-state index < -0.39 is 164 Å². The fourth-order valence-electron chi connectivity index (χ4n) is 8.83. The zero-order chi connectivity index (χ0) is 61.0. The third kappa shape index (κ3) is 27.5. The molecule has 1 rings (SSSR count). The highest BCUT2D eigenvalue weighted by atomic mass is 16.5. The van der Waals surface area contributed by atoms with Gasteiger partial charge in [0.15, 0.2) is 0 Å². The third-order valence-electron chi connectivity index (χ3n) is 13.2. The fourth-order valence-corrected chi connectivity index (χ4v) is 8.83. The number of aliphatic hydroxyl groups is 3. The maximum Gasteiger partial charge on any atom is 0.328 e. The van der Waals surface area contributed by atoms with Crippen LogP contribution in [-0.2, 0) is 57.5 Å². The van der Waals surface area contributed by atoms with Gasteiger partial charge in [-0.2, -0.15) is 0 Å². The van der Waals surface area contributed by atoms with Crippen LogP contribution >= 0.6 is 0 Å². The molecule has 25 nitrogen and oxygen atoms in total. The van der Waals surface area contributed by atoms with Gasteiger partial charge in [-0.1, -0.05) is 115 Å². The lowest BCUT2D eigenvalue weighted by Gasteiger charge is -2.32. The van der Waals surface area contributed by atoms with Crippen LogP contribution < -0.4 is 47.9 Å². The molecule has 0 aromatic heterocycles. The number of unbranched alkanes of at least 4 members (excludes halogenated alkanes) is 5. The van der Waals surface area contributed by atoms with Gasteiger partial charge in [-0.3, -0.25) is 47.9 Å². The van der Waals surface area contributed by atoms with Crippen molar-refractivity contribution < 1.29 is 77.9 Å². The van der Waals surface area contributed by atoms with Gasteiger partial charge < -0.3 is 73.0 Å². The molecule has 0 saturated carbocycles. The number of carboxylic acid groups (broad SMARTS) is 1. The number of esters is 1. The van der Waals surface area contributed by atoms with Crippen LogP contribution in [0.15, 0.2) is 0 Å². The van der Waals surface area contributed by atoms with Crippen LogP contribution in [0.2, 0.25) is 0 Å². The summed E-state index contributed by atoms with van der Waals surface area (Å²) in [7, 11) is 0. The number of carbonyl (C=O) groups excluding carboxylic acids is 10. The largest absolute Gasteiger partial charge is 0.481 e. The van der Waals surface area contributed by atoms with E-state index in [1.165, 1.54) is 6.92 Å². The number of aliphatic hydroxyl groups excluding tert-OH is 3. The summed E-state index contributed by atoms with van der Waals surface area (Å²) in [5.41, 5.74) is 0. The first-order valence-electron chi connectivity index (χ1n) is 28.5. The van der Waals surface area contributed by atoms with Crippen LogP contribution in [0.4, 0.5) is 0 Å². The molecule has 1 saturated heterocycles. The predicted octanol–water partition coefficient (Wildman–Crippen LogP) is 0.486. The molecule has 1 heterocycles. The summed E-state index contributed by atoms with van der Waals surface area (Å²) in [4.78, 5) is 152.